The van der Waals surface area contributed by atoms with Gasteiger partial charge in [0.05, 0.1) is 17.1 Å². The molecular weight excluding hydrogens is 268 g/mol. The highest BCUT2D eigenvalue weighted by molar-refractivity contribution is 9.09. The molecule has 1 heterocycles. The molecular formula is C9H17BrO3S. The van der Waals surface area contributed by atoms with Crippen LogP contribution < -0.4 is 0 Å². The van der Waals surface area contributed by atoms with E-state index in [2.05, 4.69) is 15.9 Å². The van der Waals surface area contributed by atoms with Crippen LogP contribution in [0.3, 0.4) is 0 Å². The second kappa shape index (κ2) is 4.94. The minimum absolute atomic E-state index is 0.137. The normalized spacial score (nSPS) is 30.5. The molecule has 0 radical (unpaired) electrons. The molecule has 1 saturated heterocycles. The smallest absolute Gasteiger partial charge is 0.156 e. The molecule has 0 saturated carbocycles. The molecule has 3 nitrogen and oxygen atoms in total. The third-order valence-corrected chi connectivity index (χ3v) is 6.23. The summed E-state index contributed by atoms with van der Waals surface area (Å²) in [6.45, 7) is 4.36. The van der Waals surface area contributed by atoms with Crippen LogP contribution in [0.2, 0.25) is 0 Å². The van der Waals surface area contributed by atoms with Gasteiger partial charge < -0.3 is 4.74 Å². The summed E-state index contributed by atoms with van der Waals surface area (Å²) in [6, 6.07) is 0. The fourth-order valence-corrected chi connectivity index (χ4v) is 4.56. The van der Waals surface area contributed by atoms with Gasteiger partial charge >= 0.3 is 0 Å². The second-order valence-electron chi connectivity index (χ2n) is 3.99. The molecule has 0 amide bonds. The van der Waals surface area contributed by atoms with Crippen molar-refractivity contribution in [2.24, 2.45) is 5.92 Å². The maximum Gasteiger partial charge on any atom is 0.156 e. The molecule has 5 heteroatoms. The Morgan fingerprint density at radius 2 is 2.21 bits per heavy atom. The van der Waals surface area contributed by atoms with E-state index < -0.39 is 9.84 Å². The fourth-order valence-electron chi connectivity index (χ4n) is 1.75. The van der Waals surface area contributed by atoms with Gasteiger partial charge in [-0.05, 0) is 19.3 Å². The van der Waals surface area contributed by atoms with E-state index >= 15 is 0 Å². The second-order valence-corrected chi connectivity index (χ2v) is 6.90. The third-order valence-electron chi connectivity index (χ3n) is 2.55. The molecule has 14 heavy (non-hydrogen) atoms. The summed E-state index contributed by atoms with van der Waals surface area (Å²) >= 11 is 3.30. The predicted molar refractivity (Wildman–Crippen MR) is 60.6 cm³/mol. The lowest BCUT2D eigenvalue weighted by atomic mass is 10.2. The molecule has 84 valence electrons. The van der Waals surface area contributed by atoms with Gasteiger partial charge in [-0.3, -0.25) is 0 Å². The van der Waals surface area contributed by atoms with Crippen LogP contribution in [0, 0.1) is 5.92 Å². The molecule has 0 aromatic rings. The Labute approximate surface area is 94.3 Å². The van der Waals surface area contributed by atoms with E-state index in [0.29, 0.717) is 13.0 Å². The molecule has 0 bridgehead atoms. The summed E-state index contributed by atoms with van der Waals surface area (Å²) in [5.41, 5.74) is 0. The summed E-state index contributed by atoms with van der Waals surface area (Å²) in [5, 5.41) is 0.442. The van der Waals surface area contributed by atoms with Gasteiger partial charge in [0.15, 0.2) is 9.84 Å². The van der Waals surface area contributed by atoms with Crippen LogP contribution >= 0.6 is 15.9 Å². The van der Waals surface area contributed by atoms with Crippen LogP contribution in [-0.4, -0.2) is 37.5 Å². The van der Waals surface area contributed by atoms with Gasteiger partial charge in [0.25, 0.3) is 0 Å². The average Bonchev–Trinajstić information content (AvgIpc) is 2.51. The SMILES string of the molecule is CC(CBr)CS(=O)(=O)C1CCOC1C. The zero-order chi connectivity index (χ0) is 10.8. The molecule has 0 aliphatic carbocycles. The Hall–Kier alpha value is 0.390. The summed E-state index contributed by atoms with van der Waals surface area (Å²) in [7, 11) is -2.98. The standard InChI is InChI=1S/C9H17BrO3S/c1-7(5-10)6-14(11,12)9-3-4-13-8(9)2/h7-9H,3-6H2,1-2H3. The van der Waals surface area contributed by atoms with Gasteiger partial charge in [-0.15, -0.1) is 0 Å². The van der Waals surface area contributed by atoms with Gasteiger partial charge in [-0.2, -0.15) is 0 Å². The molecule has 1 fully saturated rings. The van der Waals surface area contributed by atoms with Crippen molar-refractivity contribution in [3.63, 3.8) is 0 Å². The summed E-state index contributed by atoms with van der Waals surface area (Å²) in [6.07, 6.45) is 0.515. The minimum atomic E-state index is -2.98. The monoisotopic (exact) mass is 284 g/mol. The van der Waals surface area contributed by atoms with Crippen molar-refractivity contribution in [2.75, 3.05) is 17.7 Å². The predicted octanol–water partition coefficient (Wildman–Crippen LogP) is 1.61. The molecule has 1 aliphatic heterocycles. The van der Waals surface area contributed by atoms with E-state index in [1.807, 2.05) is 13.8 Å². The number of rotatable bonds is 4. The first kappa shape index (κ1) is 12.5. The molecule has 3 atom stereocenters. The average molecular weight is 285 g/mol. The van der Waals surface area contributed by atoms with Gasteiger partial charge in [-0.25, -0.2) is 8.42 Å². The van der Waals surface area contributed by atoms with Crippen molar-refractivity contribution in [1.29, 1.82) is 0 Å². The molecule has 0 aromatic heterocycles. The zero-order valence-electron chi connectivity index (χ0n) is 8.57. The number of halogens is 1. The van der Waals surface area contributed by atoms with E-state index in [4.69, 9.17) is 4.74 Å². The van der Waals surface area contributed by atoms with Gasteiger partial charge in [-0.1, -0.05) is 22.9 Å². The van der Waals surface area contributed by atoms with Crippen LogP contribution in [0.4, 0.5) is 0 Å². The zero-order valence-corrected chi connectivity index (χ0v) is 11.0. The third kappa shape index (κ3) is 2.94. The quantitative estimate of drug-likeness (QED) is 0.737. The molecule has 0 spiro atoms. The van der Waals surface area contributed by atoms with E-state index in [1.54, 1.807) is 0 Å². The van der Waals surface area contributed by atoms with Crippen molar-refractivity contribution in [3.05, 3.63) is 0 Å². The number of alkyl halides is 1. The fraction of sp³-hybridized carbons (Fsp3) is 1.00. The minimum Gasteiger partial charge on any atom is -0.377 e. The van der Waals surface area contributed by atoms with Crippen molar-refractivity contribution < 1.29 is 13.2 Å². The summed E-state index contributed by atoms with van der Waals surface area (Å²) < 4.78 is 29.1. The topological polar surface area (TPSA) is 43.4 Å². The first-order chi connectivity index (χ1) is 6.47. The van der Waals surface area contributed by atoms with Crippen LogP contribution in [-0.2, 0) is 14.6 Å². The first-order valence-electron chi connectivity index (χ1n) is 4.86. The van der Waals surface area contributed by atoms with Gasteiger partial charge in [0.2, 0.25) is 0 Å². The largest absolute Gasteiger partial charge is 0.377 e. The Balaban J connectivity index is 2.65. The van der Waals surface area contributed by atoms with Gasteiger partial charge in [0, 0.05) is 11.9 Å². The Kier molecular flexibility index (Phi) is 4.40. The van der Waals surface area contributed by atoms with E-state index in [-0.39, 0.29) is 23.0 Å². The van der Waals surface area contributed by atoms with E-state index in [1.165, 1.54) is 0 Å². The first-order valence-corrected chi connectivity index (χ1v) is 7.70. The van der Waals surface area contributed by atoms with E-state index in [9.17, 15) is 8.42 Å². The lowest BCUT2D eigenvalue weighted by molar-refractivity contribution is 0.126. The van der Waals surface area contributed by atoms with Gasteiger partial charge in [0.1, 0.15) is 0 Å². The number of ether oxygens (including phenoxy) is 1. The Bertz CT molecular complexity index is 276. The highest BCUT2D eigenvalue weighted by Crippen LogP contribution is 2.23. The van der Waals surface area contributed by atoms with E-state index in [0.717, 1.165) is 5.33 Å². The van der Waals surface area contributed by atoms with Crippen LogP contribution in [0.15, 0.2) is 0 Å². The Morgan fingerprint density at radius 3 is 2.64 bits per heavy atom. The number of hydrogen-bond donors (Lipinski definition) is 0. The lowest BCUT2D eigenvalue weighted by Crippen LogP contribution is -2.32. The lowest BCUT2D eigenvalue weighted by Gasteiger charge is -2.17. The summed E-state index contributed by atoms with van der Waals surface area (Å²) in [4.78, 5) is 0. The maximum atomic E-state index is 11.9. The molecule has 0 aromatic carbocycles. The molecule has 0 N–H and O–H groups in total. The summed E-state index contributed by atoms with van der Waals surface area (Å²) in [5.74, 6) is 0.434. The number of sulfone groups is 1. The maximum absolute atomic E-state index is 11.9. The van der Waals surface area contributed by atoms with Crippen molar-refractivity contribution in [1.82, 2.24) is 0 Å². The highest BCUT2D eigenvalue weighted by Gasteiger charge is 2.36. The molecule has 3 unspecified atom stereocenters. The number of hydrogen-bond acceptors (Lipinski definition) is 3. The van der Waals surface area contributed by atoms with Crippen LogP contribution in [0.5, 0.6) is 0 Å². The molecule has 1 rings (SSSR count). The van der Waals surface area contributed by atoms with Crippen molar-refractivity contribution in [3.8, 4) is 0 Å². The Morgan fingerprint density at radius 1 is 1.57 bits per heavy atom. The van der Waals surface area contributed by atoms with Crippen LogP contribution in [0.1, 0.15) is 20.3 Å². The van der Waals surface area contributed by atoms with Crippen molar-refractivity contribution >= 4 is 25.8 Å². The van der Waals surface area contributed by atoms with Crippen LogP contribution in [0.25, 0.3) is 0 Å². The van der Waals surface area contributed by atoms with Crippen molar-refractivity contribution in [2.45, 2.75) is 31.6 Å². The molecule has 1 aliphatic rings. The highest BCUT2D eigenvalue weighted by atomic mass is 79.9.